The van der Waals surface area contributed by atoms with Crippen LogP contribution < -0.4 is 0 Å². The largest absolute Gasteiger partial charge is 0.481 e. The third-order valence-corrected chi connectivity index (χ3v) is 8.02. The van der Waals surface area contributed by atoms with Gasteiger partial charge in [0, 0.05) is 11.8 Å². The number of hydrogen-bond donors (Lipinski definition) is 2. The molecule has 0 aromatic carbocycles. The van der Waals surface area contributed by atoms with E-state index >= 15 is 0 Å². The molecule has 4 bridgehead atoms. The molecule has 5 heteroatoms. The number of esters is 1. The highest BCUT2D eigenvalue weighted by Gasteiger charge is 2.82. The standard InChI is InChI=1S/C19H22O5/c1-9-7-18-8-10(9)3-4-11(18)19-6-5-12(20)17(2,16(23)24-19)14(19)13(18)15(21)22/h5-6,10-14,20H,1,3-4,7-8H2,2H3,(H,21,22)/t10-,11-,12+,13-,14-,17-,18+,19-/m1/s1. The van der Waals surface area contributed by atoms with Crippen LogP contribution in [-0.4, -0.2) is 33.9 Å². The van der Waals surface area contributed by atoms with Crippen LogP contribution in [0.1, 0.15) is 32.6 Å². The molecular weight excluding hydrogens is 308 g/mol. The van der Waals surface area contributed by atoms with Crippen molar-refractivity contribution in [1.82, 2.24) is 0 Å². The second-order valence-electron chi connectivity index (χ2n) is 8.72. The Kier molecular flexibility index (Phi) is 2.42. The Balaban J connectivity index is 1.78. The smallest absolute Gasteiger partial charge is 0.316 e. The summed E-state index contributed by atoms with van der Waals surface area (Å²) >= 11 is 0. The summed E-state index contributed by atoms with van der Waals surface area (Å²) in [6, 6.07) is 0. The van der Waals surface area contributed by atoms with Gasteiger partial charge >= 0.3 is 11.9 Å². The number of hydrogen-bond acceptors (Lipinski definition) is 4. The summed E-state index contributed by atoms with van der Waals surface area (Å²) in [7, 11) is 0. The van der Waals surface area contributed by atoms with E-state index in [2.05, 4.69) is 6.58 Å². The molecule has 5 aliphatic rings. The zero-order valence-corrected chi connectivity index (χ0v) is 13.7. The van der Waals surface area contributed by atoms with Gasteiger partial charge in [-0.25, -0.2) is 0 Å². The number of rotatable bonds is 1. The number of allylic oxidation sites excluding steroid dienone is 1. The van der Waals surface area contributed by atoms with E-state index in [9.17, 15) is 19.8 Å². The molecule has 0 aromatic heterocycles. The molecular formula is C19H22O5. The van der Waals surface area contributed by atoms with E-state index in [4.69, 9.17) is 4.74 Å². The van der Waals surface area contributed by atoms with Gasteiger partial charge in [0.15, 0.2) is 0 Å². The summed E-state index contributed by atoms with van der Waals surface area (Å²) in [5, 5.41) is 20.7. The first-order valence-electron chi connectivity index (χ1n) is 8.79. The van der Waals surface area contributed by atoms with Crippen LogP contribution in [0.15, 0.2) is 24.3 Å². The summed E-state index contributed by atoms with van der Waals surface area (Å²) in [4.78, 5) is 25.0. The number of aliphatic hydroxyl groups excluding tert-OH is 1. The van der Waals surface area contributed by atoms with Crippen LogP contribution in [0.2, 0.25) is 0 Å². The first-order valence-corrected chi connectivity index (χ1v) is 8.79. The van der Waals surface area contributed by atoms with E-state index < -0.39 is 46.3 Å². The van der Waals surface area contributed by atoms with Gasteiger partial charge in [0.2, 0.25) is 0 Å². The lowest BCUT2D eigenvalue weighted by atomic mass is 9.61. The van der Waals surface area contributed by atoms with Crippen LogP contribution in [-0.2, 0) is 14.3 Å². The van der Waals surface area contributed by atoms with Crippen LogP contribution in [0, 0.1) is 34.5 Å². The number of carboxylic acids is 1. The predicted molar refractivity (Wildman–Crippen MR) is 83.7 cm³/mol. The average molecular weight is 330 g/mol. The van der Waals surface area contributed by atoms with Crippen LogP contribution in [0.4, 0.5) is 0 Å². The zero-order chi connectivity index (χ0) is 17.1. The topological polar surface area (TPSA) is 83.8 Å². The Morgan fingerprint density at radius 3 is 2.88 bits per heavy atom. The van der Waals surface area contributed by atoms with Crippen molar-refractivity contribution >= 4 is 11.9 Å². The number of carboxylic acid groups (broad SMARTS) is 1. The fourth-order valence-corrected chi connectivity index (χ4v) is 7.14. The minimum Gasteiger partial charge on any atom is -0.481 e. The maximum absolute atomic E-state index is 12.7. The molecule has 24 heavy (non-hydrogen) atoms. The normalized spacial score (nSPS) is 56.8. The third kappa shape index (κ3) is 1.25. The molecule has 8 atom stereocenters. The quantitative estimate of drug-likeness (QED) is 0.567. The van der Waals surface area contributed by atoms with Gasteiger partial charge in [0.05, 0.1) is 12.0 Å². The molecule has 3 saturated carbocycles. The highest BCUT2D eigenvalue weighted by atomic mass is 16.6. The first-order chi connectivity index (χ1) is 11.3. The molecule has 1 saturated heterocycles. The maximum Gasteiger partial charge on any atom is 0.316 e. The molecule has 2 N–H and O–H groups in total. The van der Waals surface area contributed by atoms with E-state index in [1.807, 2.05) is 6.08 Å². The minimum absolute atomic E-state index is 0.00104. The lowest BCUT2D eigenvalue weighted by Gasteiger charge is -2.42. The van der Waals surface area contributed by atoms with Crippen molar-refractivity contribution in [2.24, 2.45) is 34.5 Å². The first kappa shape index (κ1) is 14.7. The van der Waals surface area contributed by atoms with Gasteiger partial charge in [-0.15, -0.1) is 0 Å². The highest BCUT2D eigenvalue weighted by molar-refractivity contribution is 5.86. The summed E-state index contributed by atoms with van der Waals surface area (Å²) in [6.07, 6.45) is 5.83. The molecule has 4 fully saturated rings. The van der Waals surface area contributed by atoms with Crippen LogP contribution in [0.3, 0.4) is 0 Å². The van der Waals surface area contributed by atoms with Gasteiger partial charge in [0.25, 0.3) is 0 Å². The predicted octanol–water partition coefficient (Wildman–Crippen LogP) is 1.91. The van der Waals surface area contributed by atoms with Crippen LogP contribution in [0.5, 0.6) is 0 Å². The number of ether oxygens (including phenoxy) is 1. The van der Waals surface area contributed by atoms with Crippen LogP contribution in [0.25, 0.3) is 0 Å². The molecule has 4 aliphatic carbocycles. The second kappa shape index (κ2) is 3.96. The van der Waals surface area contributed by atoms with Gasteiger partial charge < -0.3 is 14.9 Å². The Hall–Kier alpha value is -1.62. The highest BCUT2D eigenvalue weighted by Crippen LogP contribution is 2.76. The van der Waals surface area contributed by atoms with E-state index in [0.717, 1.165) is 24.8 Å². The lowest BCUT2D eigenvalue weighted by Crippen LogP contribution is -2.50. The molecule has 5 nitrogen and oxygen atoms in total. The second-order valence-corrected chi connectivity index (χ2v) is 8.72. The molecule has 1 heterocycles. The zero-order valence-electron chi connectivity index (χ0n) is 13.7. The van der Waals surface area contributed by atoms with Crippen LogP contribution >= 0.6 is 0 Å². The van der Waals surface area contributed by atoms with Crippen molar-refractivity contribution in [1.29, 1.82) is 0 Å². The van der Waals surface area contributed by atoms with Gasteiger partial charge in [-0.2, -0.15) is 0 Å². The lowest BCUT2D eigenvalue weighted by molar-refractivity contribution is -0.161. The van der Waals surface area contributed by atoms with Gasteiger partial charge in [0.1, 0.15) is 11.0 Å². The molecule has 0 unspecified atom stereocenters. The molecule has 0 aromatic rings. The number of carbonyl (C=O) groups is 2. The fraction of sp³-hybridized carbons (Fsp3) is 0.684. The Morgan fingerprint density at radius 1 is 1.42 bits per heavy atom. The summed E-state index contributed by atoms with van der Waals surface area (Å²) in [5.74, 6) is -2.12. The van der Waals surface area contributed by atoms with Crippen molar-refractivity contribution in [2.75, 3.05) is 0 Å². The van der Waals surface area contributed by atoms with Crippen molar-refractivity contribution in [3.63, 3.8) is 0 Å². The van der Waals surface area contributed by atoms with E-state index in [1.54, 1.807) is 13.0 Å². The van der Waals surface area contributed by atoms with Crippen molar-refractivity contribution in [3.05, 3.63) is 24.3 Å². The van der Waals surface area contributed by atoms with Gasteiger partial charge in [-0.3, -0.25) is 9.59 Å². The third-order valence-electron chi connectivity index (χ3n) is 8.02. The van der Waals surface area contributed by atoms with E-state index in [-0.39, 0.29) is 5.92 Å². The molecule has 1 spiro atoms. The van der Waals surface area contributed by atoms with Crippen molar-refractivity contribution < 1.29 is 24.5 Å². The molecule has 1 aliphatic heterocycles. The molecule has 128 valence electrons. The van der Waals surface area contributed by atoms with Crippen molar-refractivity contribution in [3.8, 4) is 0 Å². The van der Waals surface area contributed by atoms with Gasteiger partial charge in [-0.1, -0.05) is 18.2 Å². The summed E-state index contributed by atoms with van der Waals surface area (Å²) in [5.41, 5.74) is -1.30. The Morgan fingerprint density at radius 2 is 2.17 bits per heavy atom. The average Bonchev–Trinajstić information content (AvgIpc) is 2.98. The molecule has 0 amide bonds. The number of aliphatic carboxylic acids is 1. The SMILES string of the molecule is C=C1C[C@]23C[C@H]1CC[C@H]2[C@@]12C=C[C@H](O)[C@@](C)(C(=O)O1)[C@H]2[C@@H]3C(=O)O. The monoisotopic (exact) mass is 330 g/mol. The maximum atomic E-state index is 12.7. The van der Waals surface area contributed by atoms with E-state index in [1.165, 1.54) is 0 Å². The Labute approximate surface area is 140 Å². The summed E-state index contributed by atoms with van der Waals surface area (Å²) in [6.45, 7) is 5.88. The number of carbonyl (C=O) groups excluding carboxylic acids is 1. The van der Waals surface area contributed by atoms with Gasteiger partial charge in [-0.05, 0) is 50.0 Å². The minimum atomic E-state index is -1.18. The molecule has 5 rings (SSSR count). The van der Waals surface area contributed by atoms with E-state index in [0.29, 0.717) is 12.3 Å². The number of fused-ring (bicyclic) bond motifs is 1. The molecule has 0 radical (unpaired) electrons. The Bertz CT molecular complexity index is 725. The number of aliphatic hydroxyl groups is 1. The summed E-state index contributed by atoms with van der Waals surface area (Å²) < 4.78 is 5.92. The fourth-order valence-electron chi connectivity index (χ4n) is 7.14. The van der Waals surface area contributed by atoms with Crippen molar-refractivity contribution in [2.45, 2.75) is 44.3 Å².